The average molecular weight is 431 g/mol. The Hall–Kier alpha value is -4.00. The van der Waals surface area contributed by atoms with E-state index in [0.29, 0.717) is 18.8 Å². The minimum atomic E-state index is -0.484. The monoisotopic (exact) mass is 431 g/mol. The van der Waals surface area contributed by atoms with Gasteiger partial charge >= 0.3 is 0 Å². The van der Waals surface area contributed by atoms with Crippen LogP contribution in [0.2, 0.25) is 0 Å². The molecule has 6 nitrogen and oxygen atoms in total. The third-order valence-electron chi connectivity index (χ3n) is 5.40. The van der Waals surface area contributed by atoms with E-state index in [1.807, 2.05) is 31.2 Å². The number of phenolic OH excluding ortho intramolecular Hbond substituents is 1. The van der Waals surface area contributed by atoms with Gasteiger partial charge in [0.2, 0.25) is 0 Å². The number of aromatic hydroxyl groups is 1. The largest absolute Gasteiger partial charge is 0.506 e. The molecule has 32 heavy (non-hydrogen) atoms. The van der Waals surface area contributed by atoms with E-state index >= 15 is 0 Å². The lowest BCUT2D eigenvalue weighted by Crippen LogP contribution is -2.25. The highest BCUT2D eigenvalue weighted by Crippen LogP contribution is 2.26. The molecule has 0 fully saturated rings. The van der Waals surface area contributed by atoms with Crippen molar-refractivity contribution < 1.29 is 14.3 Å². The second-order valence-electron chi connectivity index (χ2n) is 7.72. The number of nitrogens with one attached hydrogen (secondary N) is 1. The van der Waals surface area contributed by atoms with Crippen LogP contribution in [0.3, 0.4) is 0 Å². The van der Waals surface area contributed by atoms with E-state index in [1.165, 1.54) is 22.8 Å². The first-order valence-corrected chi connectivity index (χ1v) is 10.1. The van der Waals surface area contributed by atoms with Crippen LogP contribution in [-0.2, 0) is 20.0 Å². The number of phenols is 1. The van der Waals surface area contributed by atoms with Crippen molar-refractivity contribution in [3.63, 3.8) is 0 Å². The molecule has 1 amide bonds. The van der Waals surface area contributed by atoms with Crippen molar-refractivity contribution in [2.45, 2.75) is 19.9 Å². The van der Waals surface area contributed by atoms with Crippen LogP contribution in [0.15, 0.2) is 65.5 Å². The van der Waals surface area contributed by atoms with Crippen LogP contribution < -0.4 is 10.9 Å². The van der Waals surface area contributed by atoms with E-state index < -0.39 is 17.2 Å². The molecule has 4 rings (SSSR count). The van der Waals surface area contributed by atoms with Crippen LogP contribution in [0.1, 0.15) is 32.9 Å². The van der Waals surface area contributed by atoms with Crippen LogP contribution in [0.4, 0.5) is 4.39 Å². The van der Waals surface area contributed by atoms with E-state index in [4.69, 9.17) is 0 Å². The molecule has 0 saturated carbocycles. The predicted molar refractivity (Wildman–Crippen MR) is 120 cm³/mol. The van der Waals surface area contributed by atoms with Crippen molar-refractivity contribution in [2.75, 3.05) is 0 Å². The summed E-state index contributed by atoms with van der Waals surface area (Å²) in [5.74, 6) is -0.759. The predicted octanol–water partition coefficient (Wildman–Crippen LogP) is 3.61. The number of aromatic nitrogens is 2. The Labute approximate surface area is 184 Å². The highest BCUT2D eigenvalue weighted by atomic mass is 19.1. The number of hydrogen-bond donors (Lipinski definition) is 2. The van der Waals surface area contributed by atoms with Gasteiger partial charge in [0.15, 0.2) is 0 Å². The number of carbonyl (C=O) groups excluding carboxylic acids is 1. The zero-order chi connectivity index (χ0) is 22.8. The Kier molecular flexibility index (Phi) is 5.73. The van der Waals surface area contributed by atoms with Gasteiger partial charge in [0, 0.05) is 20.0 Å². The van der Waals surface area contributed by atoms with Crippen LogP contribution in [0, 0.1) is 12.7 Å². The maximum Gasteiger partial charge on any atom is 0.264 e. The number of amides is 1. The smallest absolute Gasteiger partial charge is 0.264 e. The van der Waals surface area contributed by atoms with Crippen molar-refractivity contribution in [2.24, 2.45) is 7.05 Å². The summed E-state index contributed by atoms with van der Waals surface area (Å²) in [5.41, 5.74) is 2.68. The standard InChI is InChI=1S/C25H22FN3O3/c1-15-3-5-17(6-4-15)14-27-24(31)19-11-12-20-22(23(19)30)25(32)29(2)21(28-20)13-16-7-9-18(26)10-8-16/h3-12,30H,13-14H2,1-2H3,(H,27,31). The number of benzene rings is 3. The zero-order valence-electron chi connectivity index (χ0n) is 17.7. The normalized spacial score (nSPS) is 11.0. The summed E-state index contributed by atoms with van der Waals surface area (Å²) in [5, 5.41) is 13.5. The maximum absolute atomic E-state index is 13.2. The summed E-state index contributed by atoms with van der Waals surface area (Å²) in [6.07, 6.45) is 0.321. The topological polar surface area (TPSA) is 84.2 Å². The van der Waals surface area contributed by atoms with Crippen LogP contribution in [-0.4, -0.2) is 20.6 Å². The molecule has 162 valence electrons. The molecule has 0 spiro atoms. The van der Waals surface area contributed by atoms with Crippen molar-refractivity contribution >= 4 is 16.8 Å². The molecule has 0 saturated heterocycles. The highest BCUT2D eigenvalue weighted by molar-refractivity contribution is 6.02. The summed E-state index contributed by atoms with van der Waals surface area (Å²) < 4.78 is 14.5. The van der Waals surface area contributed by atoms with Crippen molar-refractivity contribution in [3.05, 3.63) is 105 Å². The van der Waals surface area contributed by atoms with Gasteiger partial charge in [-0.1, -0.05) is 42.0 Å². The fraction of sp³-hybridized carbons (Fsp3) is 0.160. The van der Waals surface area contributed by atoms with Crippen LogP contribution in [0.25, 0.3) is 10.9 Å². The van der Waals surface area contributed by atoms with Gasteiger partial charge in [-0.2, -0.15) is 0 Å². The highest BCUT2D eigenvalue weighted by Gasteiger charge is 2.19. The van der Waals surface area contributed by atoms with E-state index in [9.17, 15) is 19.1 Å². The molecule has 0 atom stereocenters. The van der Waals surface area contributed by atoms with Gasteiger partial charge in [0.25, 0.3) is 11.5 Å². The molecule has 7 heteroatoms. The van der Waals surface area contributed by atoms with Crippen LogP contribution >= 0.6 is 0 Å². The molecule has 0 unspecified atom stereocenters. The Morgan fingerprint density at radius 1 is 1.03 bits per heavy atom. The van der Waals surface area contributed by atoms with E-state index in [0.717, 1.165) is 16.7 Å². The Bertz CT molecular complexity index is 1360. The van der Waals surface area contributed by atoms with Crippen molar-refractivity contribution in [1.82, 2.24) is 14.9 Å². The minimum Gasteiger partial charge on any atom is -0.506 e. The molecule has 0 aliphatic carbocycles. The Balaban J connectivity index is 1.63. The number of nitrogens with zero attached hydrogens (tertiary/aromatic N) is 2. The fourth-order valence-electron chi connectivity index (χ4n) is 3.49. The molecule has 1 aromatic heterocycles. The Morgan fingerprint density at radius 2 is 1.69 bits per heavy atom. The average Bonchev–Trinajstić information content (AvgIpc) is 2.78. The Morgan fingerprint density at radius 3 is 2.38 bits per heavy atom. The third-order valence-corrected chi connectivity index (χ3v) is 5.40. The molecule has 4 aromatic rings. The lowest BCUT2D eigenvalue weighted by atomic mass is 10.1. The van der Waals surface area contributed by atoms with Crippen molar-refractivity contribution in [3.8, 4) is 5.75 Å². The molecule has 1 heterocycles. The molecule has 0 bridgehead atoms. The SMILES string of the molecule is Cc1ccc(CNC(=O)c2ccc3nc(Cc4ccc(F)cc4)n(C)c(=O)c3c2O)cc1. The number of fused-ring (bicyclic) bond motifs is 1. The molecule has 0 radical (unpaired) electrons. The van der Waals surface area contributed by atoms with E-state index in [2.05, 4.69) is 10.3 Å². The number of rotatable bonds is 5. The molecule has 2 N–H and O–H groups in total. The first kappa shape index (κ1) is 21.2. The van der Waals surface area contributed by atoms with Gasteiger partial charge in [-0.25, -0.2) is 9.37 Å². The number of carbonyl (C=O) groups is 1. The first-order valence-electron chi connectivity index (χ1n) is 10.1. The summed E-state index contributed by atoms with van der Waals surface area (Å²) >= 11 is 0. The number of aryl methyl sites for hydroxylation is 1. The van der Waals surface area contributed by atoms with Crippen LogP contribution in [0.5, 0.6) is 5.75 Å². The summed E-state index contributed by atoms with van der Waals surface area (Å²) in [6, 6.07) is 16.7. The second-order valence-corrected chi connectivity index (χ2v) is 7.72. The fourth-order valence-corrected chi connectivity index (χ4v) is 3.49. The van der Waals surface area contributed by atoms with Crippen molar-refractivity contribution in [1.29, 1.82) is 0 Å². The lowest BCUT2D eigenvalue weighted by Gasteiger charge is -2.12. The first-order chi connectivity index (χ1) is 15.3. The number of hydrogen-bond acceptors (Lipinski definition) is 4. The molecule has 0 aliphatic rings. The summed E-state index contributed by atoms with van der Waals surface area (Å²) in [4.78, 5) is 30.1. The van der Waals surface area contributed by atoms with Gasteiger partial charge in [0.1, 0.15) is 22.8 Å². The lowest BCUT2D eigenvalue weighted by molar-refractivity contribution is 0.0948. The van der Waals surface area contributed by atoms with Gasteiger partial charge in [-0.05, 0) is 42.3 Å². The van der Waals surface area contributed by atoms with Gasteiger partial charge in [-0.3, -0.25) is 14.2 Å². The molecule has 0 aliphatic heterocycles. The minimum absolute atomic E-state index is 0.00907. The summed E-state index contributed by atoms with van der Waals surface area (Å²) in [7, 11) is 1.55. The number of halogens is 1. The quantitative estimate of drug-likeness (QED) is 0.506. The van der Waals surface area contributed by atoms with Gasteiger partial charge < -0.3 is 10.4 Å². The summed E-state index contributed by atoms with van der Waals surface area (Å²) in [6.45, 7) is 2.28. The van der Waals surface area contributed by atoms with Gasteiger partial charge in [0.05, 0.1) is 11.1 Å². The maximum atomic E-state index is 13.2. The van der Waals surface area contributed by atoms with E-state index in [1.54, 1.807) is 25.2 Å². The second kappa shape index (κ2) is 8.63. The molecule has 3 aromatic carbocycles. The molecular weight excluding hydrogens is 409 g/mol. The molecular formula is C25H22FN3O3. The van der Waals surface area contributed by atoms with E-state index in [-0.39, 0.29) is 22.3 Å². The third kappa shape index (κ3) is 4.23. The zero-order valence-corrected chi connectivity index (χ0v) is 17.7. The van der Waals surface area contributed by atoms with Gasteiger partial charge in [-0.15, -0.1) is 0 Å².